The van der Waals surface area contributed by atoms with Crippen LogP contribution in [0.15, 0.2) is 54.7 Å². The third-order valence-electron chi connectivity index (χ3n) is 4.93. The van der Waals surface area contributed by atoms with E-state index in [1.807, 2.05) is 68.6 Å². The monoisotopic (exact) mass is 348 g/mol. The first kappa shape index (κ1) is 17.9. The van der Waals surface area contributed by atoms with Crippen molar-refractivity contribution in [1.82, 2.24) is 9.80 Å². The first-order chi connectivity index (χ1) is 12.5. The van der Waals surface area contributed by atoms with E-state index in [9.17, 15) is 9.59 Å². The lowest BCUT2D eigenvalue weighted by molar-refractivity contribution is -0.134. The van der Waals surface area contributed by atoms with Crippen LogP contribution in [0.1, 0.15) is 41.6 Å². The van der Waals surface area contributed by atoms with Crippen LogP contribution in [0.25, 0.3) is 6.08 Å². The van der Waals surface area contributed by atoms with Gasteiger partial charge in [0.1, 0.15) is 0 Å². The van der Waals surface area contributed by atoms with E-state index in [1.165, 1.54) is 12.5 Å². The normalized spacial score (nSPS) is 15.5. The fourth-order valence-electron chi connectivity index (χ4n) is 3.37. The summed E-state index contributed by atoms with van der Waals surface area (Å²) >= 11 is 0. The number of amides is 2. The third kappa shape index (κ3) is 3.69. The predicted octanol–water partition coefficient (Wildman–Crippen LogP) is 3.92. The van der Waals surface area contributed by atoms with Crippen LogP contribution < -0.4 is 0 Å². The average molecular weight is 348 g/mol. The molecule has 3 rings (SSSR count). The van der Waals surface area contributed by atoms with Gasteiger partial charge in [0.05, 0.1) is 12.5 Å². The van der Waals surface area contributed by atoms with Crippen molar-refractivity contribution in [3.63, 3.8) is 0 Å². The molecule has 2 aromatic carbocycles. The van der Waals surface area contributed by atoms with Crippen LogP contribution in [-0.2, 0) is 16.1 Å². The van der Waals surface area contributed by atoms with Crippen LogP contribution in [0.5, 0.6) is 0 Å². The molecule has 4 nitrogen and oxygen atoms in total. The summed E-state index contributed by atoms with van der Waals surface area (Å²) in [5.74, 6) is -0.0373. The van der Waals surface area contributed by atoms with Gasteiger partial charge in [-0.1, -0.05) is 48.5 Å². The zero-order valence-corrected chi connectivity index (χ0v) is 15.5. The van der Waals surface area contributed by atoms with Gasteiger partial charge in [0.15, 0.2) is 0 Å². The van der Waals surface area contributed by atoms with Gasteiger partial charge >= 0.3 is 0 Å². The molecule has 0 fully saturated rings. The minimum absolute atomic E-state index is 0.0228. The molecule has 134 valence electrons. The predicted molar refractivity (Wildman–Crippen MR) is 103 cm³/mol. The first-order valence-corrected chi connectivity index (χ1v) is 8.82. The number of aryl methyl sites for hydroxylation is 1. The second kappa shape index (κ2) is 7.56. The Bertz CT molecular complexity index is 857. The van der Waals surface area contributed by atoms with E-state index in [0.717, 1.165) is 16.7 Å². The second-order valence-electron chi connectivity index (χ2n) is 6.77. The van der Waals surface area contributed by atoms with Crippen molar-refractivity contribution in [3.05, 3.63) is 77.0 Å². The molecule has 2 aromatic rings. The maximum atomic E-state index is 12.9. The highest BCUT2D eigenvalue weighted by atomic mass is 16.2. The van der Waals surface area contributed by atoms with Crippen molar-refractivity contribution in [2.24, 2.45) is 0 Å². The van der Waals surface area contributed by atoms with Crippen LogP contribution in [0.3, 0.4) is 0 Å². The molecule has 0 radical (unpaired) electrons. The minimum Gasteiger partial charge on any atom is -0.341 e. The van der Waals surface area contributed by atoms with Crippen LogP contribution in [-0.4, -0.2) is 28.7 Å². The number of rotatable bonds is 4. The first-order valence-electron chi connectivity index (χ1n) is 8.82. The summed E-state index contributed by atoms with van der Waals surface area (Å²) in [7, 11) is 1.82. The third-order valence-corrected chi connectivity index (χ3v) is 4.93. The van der Waals surface area contributed by atoms with Crippen LogP contribution in [0.4, 0.5) is 0 Å². The van der Waals surface area contributed by atoms with Crippen LogP contribution in [0.2, 0.25) is 0 Å². The van der Waals surface area contributed by atoms with E-state index in [0.29, 0.717) is 6.54 Å². The molecule has 0 spiro atoms. The van der Waals surface area contributed by atoms with Gasteiger partial charge in [-0.3, -0.25) is 9.59 Å². The lowest BCUT2D eigenvalue weighted by Gasteiger charge is -2.33. The Morgan fingerprint density at radius 1 is 1.08 bits per heavy atom. The Morgan fingerprint density at radius 2 is 1.77 bits per heavy atom. The fraction of sp³-hybridized carbons (Fsp3) is 0.273. The van der Waals surface area contributed by atoms with Crippen LogP contribution in [0, 0.1) is 6.92 Å². The quantitative estimate of drug-likeness (QED) is 0.840. The van der Waals surface area contributed by atoms with Gasteiger partial charge in [0.25, 0.3) is 0 Å². The Kier molecular flexibility index (Phi) is 5.21. The smallest absolute Gasteiger partial charge is 0.225 e. The van der Waals surface area contributed by atoms with E-state index >= 15 is 0 Å². The van der Waals surface area contributed by atoms with Gasteiger partial charge in [-0.25, -0.2) is 0 Å². The fourth-order valence-corrected chi connectivity index (χ4v) is 3.37. The number of hydrogen-bond acceptors (Lipinski definition) is 2. The van der Waals surface area contributed by atoms with Gasteiger partial charge in [-0.05, 0) is 35.3 Å². The summed E-state index contributed by atoms with van der Waals surface area (Å²) in [5.41, 5.74) is 4.38. The highest BCUT2D eigenvalue weighted by Gasteiger charge is 2.29. The SMILES string of the molecule is CC(=O)N1C=Cc2ccccc2[C@@H]1CC(=O)N(C)Cc1ccccc1C. The molecule has 26 heavy (non-hydrogen) atoms. The Balaban J connectivity index is 1.79. The highest BCUT2D eigenvalue weighted by Crippen LogP contribution is 2.33. The Hall–Kier alpha value is -2.88. The number of hydrogen-bond donors (Lipinski definition) is 0. The van der Waals surface area contributed by atoms with Gasteiger partial charge in [-0.2, -0.15) is 0 Å². The van der Waals surface area contributed by atoms with E-state index in [2.05, 4.69) is 0 Å². The maximum absolute atomic E-state index is 12.9. The number of fused-ring (bicyclic) bond motifs is 1. The van der Waals surface area contributed by atoms with Crippen LogP contribution >= 0.6 is 0 Å². The van der Waals surface area contributed by atoms with E-state index in [-0.39, 0.29) is 24.3 Å². The molecule has 2 amide bonds. The van der Waals surface area contributed by atoms with Gasteiger partial charge in [-0.15, -0.1) is 0 Å². The summed E-state index contributed by atoms with van der Waals surface area (Å²) in [6.07, 6.45) is 3.97. The van der Waals surface area contributed by atoms with E-state index < -0.39 is 0 Å². The summed E-state index contributed by atoms with van der Waals surface area (Å²) in [4.78, 5) is 28.3. The molecular weight excluding hydrogens is 324 g/mol. The molecule has 0 aliphatic carbocycles. The van der Waals surface area contributed by atoms with Crippen molar-refractivity contribution in [2.75, 3.05) is 7.05 Å². The summed E-state index contributed by atoms with van der Waals surface area (Å²) in [6, 6.07) is 15.7. The topological polar surface area (TPSA) is 40.6 Å². The summed E-state index contributed by atoms with van der Waals surface area (Å²) in [6.45, 7) is 4.15. The lowest BCUT2D eigenvalue weighted by Crippen LogP contribution is -2.35. The van der Waals surface area contributed by atoms with Crippen molar-refractivity contribution in [3.8, 4) is 0 Å². The van der Waals surface area contributed by atoms with Crippen molar-refractivity contribution in [1.29, 1.82) is 0 Å². The summed E-state index contributed by atoms with van der Waals surface area (Å²) in [5, 5.41) is 0. The lowest BCUT2D eigenvalue weighted by atomic mass is 9.93. The van der Waals surface area contributed by atoms with E-state index in [1.54, 1.807) is 16.0 Å². The highest BCUT2D eigenvalue weighted by molar-refractivity contribution is 5.81. The number of carbonyl (C=O) groups is 2. The molecule has 1 aliphatic heterocycles. The zero-order chi connectivity index (χ0) is 18.7. The molecule has 0 saturated carbocycles. The molecule has 0 aromatic heterocycles. The molecule has 4 heteroatoms. The second-order valence-corrected chi connectivity index (χ2v) is 6.77. The van der Waals surface area contributed by atoms with Gasteiger partial charge in [0.2, 0.25) is 11.8 Å². The number of benzene rings is 2. The molecule has 0 bridgehead atoms. The Morgan fingerprint density at radius 3 is 2.50 bits per heavy atom. The van der Waals surface area contributed by atoms with Gasteiger partial charge in [0, 0.05) is 26.7 Å². The van der Waals surface area contributed by atoms with Crippen molar-refractivity contribution < 1.29 is 9.59 Å². The zero-order valence-electron chi connectivity index (χ0n) is 15.5. The molecule has 0 unspecified atom stereocenters. The molecule has 1 heterocycles. The largest absolute Gasteiger partial charge is 0.341 e. The standard InChI is InChI=1S/C22H24N2O2/c1-16-8-4-5-10-19(16)15-23(3)22(26)14-21-20-11-7-6-9-18(20)12-13-24(21)17(2)25/h4-13,21H,14-15H2,1-3H3/t21-/m0/s1. The molecule has 0 N–H and O–H groups in total. The Labute approximate surface area is 154 Å². The molecular formula is C22H24N2O2. The maximum Gasteiger partial charge on any atom is 0.225 e. The van der Waals surface area contributed by atoms with Crippen molar-refractivity contribution >= 4 is 17.9 Å². The summed E-state index contributed by atoms with van der Waals surface area (Å²) < 4.78 is 0. The number of nitrogens with zero attached hydrogens (tertiary/aromatic N) is 2. The number of carbonyl (C=O) groups excluding carboxylic acids is 2. The molecule has 1 aliphatic rings. The average Bonchev–Trinajstić information content (AvgIpc) is 2.63. The van der Waals surface area contributed by atoms with E-state index in [4.69, 9.17) is 0 Å². The van der Waals surface area contributed by atoms with Crippen molar-refractivity contribution in [2.45, 2.75) is 32.9 Å². The molecule has 1 atom stereocenters. The van der Waals surface area contributed by atoms with Gasteiger partial charge < -0.3 is 9.80 Å². The minimum atomic E-state index is -0.263. The molecule has 0 saturated heterocycles.